The highest BCUT2D eigenvalue weighted by Gasteiger charge is 2.26. The molecule has 2 aromatic rings. The van der Waals surface area contributed by atoms with Crippen molar-refractivity contribution in [3.8, 4) is 11.1 Å². The molecule has 4 heteroatoms. The normalized spacial score (nSPS) is 17.7. The third kappa shape index (κ3) is 3.42. The fourth-order valence-corrected chi connectivity index (χ4v) is 2.82. The monoisotopic (exact) mass is 308 g/mol. The lowest BCUT2D eigenvalue weighted by molar-refractivity contribution is -0.124. The molecule has 0 saturated carbocycles. The molecule has 0 bridgehead atoms. The quantitative estimate of drug-likeness (QED) is 0.927. The van der Waals surface area contributed by atoms with E-state index in [0.29, 0.717) is 12.1 Å². The van der Waals surface area contributed by atoms with Crippen LogP contribution >= 0.6 is 0 Å². The predicted molar refractivity (Wildman–Crippen MR) is 90.1 cm³/mol. The first-order chi connectivity index (χ1) is 11.0. The van der Waals surface area contributed by atoms with Gasteiger partial charge in [-0.1, -0.05) is 42.0 Å². The lowest BCUT2D eigenvalue weighted by Gasteiger charge is -2.31. The van der Waals surface area contributed by atoms with Crippen molar-refractivity contribution in [2.45, 2.75) is 19.9 Å². The Hall–Kier alpha value is -2.62. The van der Waals surface area contributed by atoms with E-state index in [1.54, 1.807) is 4.90 Å². The second-order valence-corrected chi connectivity index (χ2v) is 6.10. The van der Waals surface area contributed by atoms with Crippen LogP contribution in [0.3, 0.4) is 0 Å². The third-order valence-corrected chi connectivity index (χ3v) is 4.04. The molecule has 118 valence electrons. The summed E-state index contributed by atoms with van der Waals surface area (Å²) >= 11 is 0. The van der Waals surface area contributed by atoms with Gasteiger partial charge in [-0.3, -0.25) is 9.59 Å². The predicted octanol–water partition coefficient (Wildman–Crippen LogP) is 2.62. The van der Waals surface area contributed by atoms with Crippen LogP contribution in [0.2, 0.25) is 0 Å². The molecule has 1 fully saturated rings. The topological polar surface area (TPSA) is 49.4 Å². The maximum Gasteiger partial charge on any atom is 0.254 e. The van der Waals surface area contributed by atoms with Crippen LogP contribution < -0.4 is 5.32 Å². The van der Waals surface area contributed by atoms with Crippen LogP contribution in [0.15, 0.2) is 48.5 Å². The Morgan fingerprint density at radius 2 is 1.61 bits per heavy atom. The van der Waals surface area contributed by atoms with Gasteiger partial charge >= 0.3 is 0 Å². The molecule has 0 spiro atoms. The zero-order valence-corrected chi connectivity index (χ0v) is 13.4. The largest absolute Gasteiger partial charge is 0.350 e. The van der Waals surface area contributed by atoms with Crippen molar-refractivity contribution in [1.82, 2.24) is 10.2 Å². The second-order valence-electron chi connectivity index (χ2n) is 6.10. The van der Waals surface area contributed by atoms with Crippen molar-refractivity contribution >= 4 is 11.8 Å². The molecule has 0 radical (unpaired) electrons. The van der Waals surface area contributed by atoms with Crippen molar-refractivity contribution in [2.75, 3.05) is 13.1 Å². The SMILES string of the molecule is Cc1ccc(-c2ccc(C(=O)N3CC(=O)N[C@@H](C)C3)cc2)cc1. The van der Waals surface area contributed by atoms with Crippen molar-refractivity contribution in [3.63, 3.8) is 0 Å². The van der Waals surface area contributed by atoms with Gasteiger partial charge < -0.3 is 10.2 Å². The number of piperazine rings is 1. The highest BCUT2D eigenvalue weighted by molar-refractivity contribution is 5.97. The van der Waals surface area contributed by atoms with Crippen molar-refractivity contribution < 1.29 is 9.59 Å². The summed E-state index contributed by atoms with van der Waals surface area (Å²) in [6.45, 7) is 4.63. The Balaban J connectivity index is 1.77. The molecule has 23 heavy (non-hydrogen) atoms. The van der Waals surface area contributed by atoms with Crippen molar-refractivity contribution in [3.05, 3.63) is 59.7 Å². The number of nitrogens with one attached hydrogen (secondary N) is 1. The van der Waals surface area contributed by atoms with Gasteiger partial charge in [0.2, 0.25) is 5.91 Å². The summed E-state index contributed by atoms with van der Waals surface area (Å²) in [5.41, 5.74) is 4.03. The first kappa shape index (κ1) is 15.3. The van der Waals surface area contributed by atoms with Crippen molar-refractivity contribution in [1.29, 1.82) is 0 Å². The molecule has 2 amide bonds. The highest BCUT2D eigenvalue weighted by Crippen LogP contribution is 2.21. The van der Waals surface area contributed by atoms with E-state index in [9.17, 15) is 9.59 Å². The summed E-state index contributed by atoms with van der Waals surface area (Å²) in [7, 11) is 0. The van der Waals surface area contributed by atoms with Crippen LogP contribution in [0.25, 0.3) is 11.1 Å². The molecule has 2 aromatic carbocycles. The Labute approximate surface area is 136 Å². The zero-order valence-electron chi connectivity index (χ0n) is 13.4. The fourth-order valence-electron chi connectivity index (χ4n) is 2.82. The molecule has 4 nitrogen and oxygen atoms in total. The minimum atomic E-state index is -0.103. The Morgan fingerprint density at radius 3 is 2.17 bits per heavy atom. The number of carbonyl (C=O) groups is 2. The van der Waals surface area contributed by atoms with E-state index in [1.807, 2.05) is 31.2 Å². The standard InChI is InChI=1S/C19H20N2O2/c1-13-3-5-15(6-4-13)16-7-9-17(10-8-16)19(23)21-11-14(2)20-18(22)12-21/h3-10,14H,11-12H2,1-2H3,(H,20,22)/t14-/m0/s1. The summed E-state index contributed by atoms with van der Waals surface area (Å²) < 4.78 is 0. The van der Waals surface area contributed by atoms with Crippen LogP contribution in [0, 0.1) is 6.92 Å². The summed E-state index contributed by atoms with van der Waals surface area (Å²) in [5, 5.41) is 2.82. The number of rotatable bonds is 2. The fraction of sp³-hybridized carbons (Fsp3) is 0.263. The number of carbonyl (C=O) groups excluding carboxylic acids is 2. The molecule has 3 rings (SSSR count). The molecular weight excluding hydrogens is 288 g/mol. The average Bonchev–Trinajstić information content (AvgIpc) is 2.54. The van der Waals surface area contributed by atoms with Gasteiger partial charge in [-0.25, -0.2) is 0 Å². The van der Waals surface area contributed by atoms with Gasteiger partial charge in [0.05, 0.1) is 6.54 Å². The lowest BCUT2D eigenvalue weighted by atomic mass is 10.0. The second kappa shape index (κ2) is 6.24. The van der Waals surface area contributed by atoms with E-state index in [0.717, 1.165) is 11.1 Å². The number of benzene rings is 2. The first-order valence-electron chi connectivity index (χ1n) is 7.78. The van der Waals surface area contributed by atoms with Crippen LogP contribution in [0.4, 0.5) is 0 Å². The molecule has 0 unspecified atom stereocenters. The minimum absolute atomic E-state index is 0.00738. The maximum absolute atomic E-state index is 12.5. The lowest BCUT2D eigenvalue weighted by Crippen LogP contribution is -2.54. The van der Waals surface area contributed by atoms with Gasteiger partial charge in [0.1, 0.15) is 0 Å². The highest BCUT2D eigenvalue weighted by atomic mass is 16.2. The summed E-state index contributed by atoms with van der Waals surface area (Å²) in [5.74, 6) is -0.199. The Kier molecular flexibility index (Phi) is 4.15. The van der Waals surface area contributed by atoms with Gasteiger partial charge in [-0.15, -0.1) is 0 Å². The van der Waals surface area contributed by atoms with Gasteiger partial charge in [0, 0.05) is 18.2 Å². The Morgan fingerprint density at radius 1 is 1.04 bits per heavy atom. The van der Waals surface area contributed by atoms with Gasteiger partial charge in [-0.05, 0) is 37.1 Å². The van der Waals surface area contributed by atoms with Crippen LogP contribution in [0.1, 0.15) is 22.8 Å². The van der Waals surface area contributed by atoms with Gasteiger partial charge in [0.15, 0.2) is 0 Å². The molecule has 1 aliphatic heterocycles. The summed E-state index contributed by atoms with van der Waals surface area (Å²) in [6, 6.07) is 15.8. The first-order valence-corrected chi connectivity index (χ1v) is 7.78. The summed E-state index contributed by atoms with van der Waals surface area (Å²) in [4.78, 5) is 25.7. The number of hydrogen-bond acceptors (Lipinski definition) is 2. The molecule has 1 N–H and O–H groups in total. The molecule has 0 aromatic heterocycles. The van der Waals surface area contributed by atoms with E-state index in [-0.39, 0.29) is 24.4 Å². The Bertz CT molecular complexity index is 720. The summed E-state index contributed by atoms with van der Waals surface area (Å²) in [6.07, 6.45) is 0. The number of hydrogen-bond donors (Lipinski definition) is 1. The van der Waals surface area contributed by atoms with Gasteiger partial charge in [0.25, 0.3) is 5.91 Å². The van der Waals surface area contributed by atoms with E-state index in [2.05, 4.69) is 36.5 Å². The smallest absolute Gasteiger partial charge is 0.254 e. The van der Waals surface area contributed by atoms with E-state index in [4.69, 9.17) is 0 Å². The minimum Gasteiger partial charge on any atom is -0.350 e. The van der Waals surface area contributed by atoms with E-state index >= 15 is 0 Å². The van der Waals surface area contributed by atoms with Crippen LogP contribution in [-0.4, -0.2) is 35.8 Å². The molecular formula is C19H20N2O2. The molecule has 1 atom stereocenters. The molecule has 1 saturated heterocycles. The zero-order chi connectivity index (χ0) is 16.4. The average molecular weight is 308 g/mol. The van der Waals surface area contributed by atoms with Crippen molar-refractivity contribution in [2.24, 2.45) is 0 Å². The number of amides is 2. The van der Waals surface area contributed by atoms with Crippen LogP contribution in [0.5, 0.6) is 0 Å². The van der Waals surface area contributed by atoms with Crippen LogP contribution in [-0.2, 0) is 4.79 Å². The van der Waals surface area contributed by atoms with E-state index < -0.39 is 0 Å². The molecule has 1 aliphatic rings. The molecule has 0 aliphatic carbocycles. The van der Waals surface area contributed by atoms with Gasteiger partial charge in [-0.2, -0.15) is 0 Å². The third-order valence-electron chi connectivity index (χ3n) is 4.04. The maximum atomic E-state index is 12.5. The number of aryl methyl sites for hydroxylation is 1. The number of nitrogens with zero attached hydrogens (tertiary/aromatic N) is 1. The van der Waals surface area contributed by atoms with E-state index in [1.165, 1.54) is 5.56 Å². The molecule has 1 heterocycles.